The number of amides is 2. The first-order valence-corrected chi connectivity index (χ1v) is 10.9. The van der Waals surface area contributed by atoms with Gasteiger partial charge in [0.25, 0.3) is 5.91 Å². The maximum absolute atomic E-state index is 13.2. The first-order valence-electron chi connectivity index (χ1n) is 10.9. The summed E-state index contributed by atoms with van der Waals surface area (Å²) >= 11 is 0. The summed E-state index contributed by atoms with van der Waals surface area (Å²) in [5.74, 6) is -0.235. The smallest absolute Gasteiger partial charge is 0.421 e. The molecule has 0 spiro atoms. The van der Waals surface area contributed by atoms with E-state index in [-0.39, 0.29) is 35.2 Å². The fourth-order valence-electron chi connectivity index (χ4n) is 3.89. The van der Waals surface area contributed by atoms with Gasteiger partial charge >= 0.3 is 12.3 Å². The van der Waals surface area contributed by atoms with E-state index >= 15 is 0 Å². The summed E-state index contributed by atoms with van der Waals surface area (Å²) in [6.07, 6.45) is -2.18. The molecule has 0 aromatic heterocycles. The van der Waals surface area contributed by atoms with Crippen molar-refractivity contribution in [3.8, 4) is 0 Å². The van der Waals surface area contributed by atoms with Crippen molar-refractivity contribution in [2.75, 3.05) is 13.1 Å². The average molecular weight is 457 g/mol. The van der Waals surface area contributed by atoms with Gasteiger partial charge in [-0.15, -0.1) is 0 Å². The van der Waals surface area contributed by atoms with Crippen molar-refractivity contribution < 1.29 is 32.6 Å². The lowest BCUT2D eigenvalue weighted by Crippen LogP contribution is -2.50. The first-order chi connectivity index (χ1) is 14.7. The molecule has 1 aliphatic heterocycles. The van der Waals surface area contributed by atoms with Crippen LogP contribution in [0.25, 0.3) is 0 Å². The monoisotopic (exact) mass is 456 g/mol. The number of aliphatic hydroxyl groups is 1. The molecule has 178 valence electrons. The first kappa shape index (κ1) is 24.4. The standard InChI is InChI=1S/C23H31F3N2O4/c1-21(2,3)32-20(30)27-13-11-18(12-14-27)28(17-9-10-17)19(29)15-5-7-16(8-6-15)22(4,31)23(24,25)26/h5-8,17-18,31H,9-14H2,1-4H3. The molecule has 2 aliphatic rings. The minimum absolute atomic E-state index is 0.0494. The number of piperidine rings is 1. The quantitative estimate of drug-likeness (QED) is 0.726. The van der Waals surface area contributed by atoms with Gasteiger partial charge in [-0.3, -0.25) is 4.79 Å². The van der Waals surface area contributed by atoms with E-state index in [0.717, 1.165) is 25.0 Å². The predicted molar refractivity (Wildman–Crippen MR) is 112 cm³/mol. The second-order valence-electron chi connectivity index (χ2n) is 9.79. The van der Waals surface area contributed by atoms with Gasteiger partial charge in [-0.25, -0.2) is 4.79 Å². The summed E-state index contributed by atoms with van der Waals surface area (Å²) in [6, 6.07) is 5.03. The summed E-state index contributed by atoms with van der Waals surface area (Å²) < 4.78 is 44.7. The Balaban J connectivity index is 1.68. The topological polar surface area (TPSA) is 70.1 Å². The van der Waals surface area contributed by atoms with Crippen LogP contribution in [0.3, 0.4) is 0 Å². The van der Waals surface area contributed by atoms with Crippen molar-refractivity contribution in [2.45, 2.75) is 82.8 Å². The molecule has 1 aliphatic carbocycles. The van der Waals surface area contributed by atoms with Crippen LogP contribution in [0.5, 0.6) is 0 Å². The Morgan fingerprint density at radius 2 is 1.47 bits per heavy atom. The van der Waals surface area contributed by atoms with Crippen LogP contribution in [0.4, 0.5) is 18.0 Å². The third-order valence-corrected chi connectivity index (χ3v) is 5.93. The van der Waals surface area contributed by atoms with Crippen LogP contribution in [0.15, 0.2) is 24.3 Å². The van der Waals surface area contributed by atoms with Gasteiger partial charge in [-0.2, -0.15) is 13.2 Å². The summed E-state index contributed by atoms with van der Waals surface area (Å²) in [5.41, 5.74) is -3.59. The third-order valence-electron chi connectivity index (χ3n) is 5.93. The zero-order chi connectivity index (χ0) is 23.9. The van der Waals surface area contributed by atoms with Crippen molar-refractivity contribution in [1.29, 1.82) is 0 Å². The van der Waals surface area contributed by atoms with Crippen molar-refractivity contribution in [2.24, 2.45) is 0 Å². The Labute approximate surface area is 186 Å². The highest BCUT2D eigenvalue weighted by atomic mass is 19.4. The number of carbonyl (C=O) groups is 2. The molecule has 2 fully saturated rings. The van der Waals surface area contributed by atoms with E-state index in [1.165, 1.54) is 12.1 Å². The van der Waals surface area contributed by atoms with E-state index in [0.29, 0.717) is 32.9 Å². The molecule has 0 radical (unpaired) electrons. The molecular formula is C23H31F3N2O4. The number of hydrogen-bond acceptors (Lipinski definition) is 4. The van der Waals surface area contributed by atoms with Gasteiger partial charge < -0.3 is 19.6 Å². The number of benzene rings is 1. The van der Waals surface area contributed by atoms with Crippen molar-refractivity contribution in [3.05, 3.63) is 35.4 Å². The molecule has 1 aromatic carbocycles. The molecule has 3 rings (SSSR count). The Hall–Kier alpha value is -2.29. The van der Waals surface area contributed by atoms with E-state index in [1.807, 2.05) is 25.7 Å². The number of nitrogens with zero attached hydrogens (tertiary/aromatic N) is 2. The van der Waals surface area contributed by atoms with Crippen LogP contribution in [-0.4, -0.2) is 63.9 Å². The highest BCUT2D eigenvalue weighted by molar-refractivity contribution is 5.95. The molecule has 0 bridgehead atoms. The lowest BCUT2D eigenvalue weighted by molar-refractivity contribution is -0.258. The molecule has 1 saturated carbocycles. The Kier molecular flexibility index (Phi) is 6.52. The Bertz CT molecular complexity index is 834. The number of halogens is 3. The highest BCUT2D eigenvalue weighted by Crippen LogP contribution is 2.39. The zero-order valence-corrected chi connectivity index (χ0v) is 18.9. The van der Waals surface area contributed by atoms with E-state index in [2.05, 4.69) is 0 Å². The molecule has 32 heavy (non-hydrogen) atoms. The van der Waals surface area contributed by atoms with Crippen LogP contribution in [0.1, 0.15) is 69.3 Å². The van der Waals surface area contributed by atoms with Gasteiger partial charge in [0.15, 0.2) is 5.60 Å². The molecule has 1 saturated heterocycles. The second-order valence-corrected chi connectivity index (χ2v) is 9.79. The van der Waals surface area contributed by atoms with Crippen molar-refractivity contribution in [3.63, 3.8) is 0 Å². The molecule has 9 heteroatoms. The summed E-state index contributed by atoms with van der Waals surface area (Å²) in [6.45, 7) is 7.07. The minimum Gasteiger partial charge on any atom is -0.444 e. The van der Waals surface area contributed by atoms with E-state index in [9.17, 15) is 27.9 Å². The number of ether oxygens (including phenoxy) is 1. The average Bonchev–Trinajstić information content (AvgIpc) is 3.51. The largest absolute Gasteiger partial charge is 0.444 e. The molecule has 1 heterocycles. The Morgan fingerprint density at radius 1 is 0.969 bits per heavy atom. The predicted octanol–water partition coefficient (Wildman–Crippen LogP) is 4.46. The van der Waals surface area contributed by atoms with Crippen LogP contribution < -0.4 is 0 Å². The van der Waals surface area contributed by atoms with Gasteiger partial charge in [0.05, 0.1) is 0 Å². The Morgan fingerprint density at radius 3 is 1.91 bits per heavy atom. The lowest BCUT2D eigenvalue weighted by atomic mass is 9.94. The third kappa shape index (κ3) is 5.36. The summed E-state index contributed by atoms with van der Waals surface area (Å²) in [4.78, 5) is 29.0. The molecule has 6 nitrogen and oxygen atoms in total. The minimum atomic E-state index is -4.82. The number of likely N-dealkylation sites (tertiary alicyclic amines) is 1. The summed E-state index contributed by atoms with van der Waals surface area (Å²) in [7, 11) is 0. The van der Waals surface area contributed by atoms with Gasteiger partial charge in [0, 0.05) is 30.7 Å². The van der Waals surface area contributed by atoms with E-state index in [4.69, 9.17) is 4.74 Å². The van der Waals surface area contributed by atoms with Crippen LogP contribution >= 0.6 is 0 Å². The van der Waals surface area contributed by atoms with Gasteiger partial charge in [-0.05, 0) is 71.1 Å². The molecule has 1 atom stereocenters. The molecule has 1 aromatic rings. The number of alkyl halides is 3. The maximum Gasteiger partial charge on any atom is 0.421 e. The van der Waals surface area contributed by atoms with Crippen molar-refractivity contribution >= 4 is 12.0 Å². The fourth-order valence-corrected chi connectivity index (χ4v) is 3.89. The number of hydrogen-bond donors (Lipinski definition) is 1. The molecule has 1 N–H and O–H groups in total. The van der Waals surface area contributed by atoms with Gasteiger partial charge in [-0.1, -0.05) is 12.1 Å². The van der Waals surface area contributed by atoms with Gasteiger partial charge in [0.2, 0.25) is 0 Å². The SMILES string of the molecule is CC(C)(C)OC(=O)N1CCC(N(C(=O)c2ccc(C(C)(O)C(F)(F)F)cc2)C2CC2)CC1. The van der Waals surface area contributed by atoms with Crippen LogP contribution in [0.2, 0.25) is 0 Å². The van der Waals surface area contributed by atoms with Crippen LogP contribution in [0, 0.1) is 0 Å². The van der Waals surface area contributed by atoms with Crippen molar-refractivity contribution in [1.82, 2.24) is 9.80 Å². The van der Waals surface area contributed by atoms with Crippen LogP contribution in [-0.2, 0) is 10.3 Å². The fraction of sp³-hybridized carbons (Fsp3) is 0.652. The second kappa shape index (κ2) is 8.57. The number of carbonyl (C=O) groups excluding carboxylic acids is 2. The normalized spacial score (nSPS) is 19.9. The van der Waals surface area contributed by atoms with E-state index in [1.54, 1.807) is 4.90 Å². The maximum atomic E-state index is 13.2. The highest BCUT2D eigenvalue weighted by Gasteiger charge is 2.51. The summed E-state index contributed by atoms with van der Waals surface area (Å²) in [5, 5.41) is 9.84. The zero-order valence-electron chi connectivity index (χ0n) is 18.9. The lowest BCUT2D eigenvalue weighted by Gasteiger charge is -2.39. The molecular weight excluding hydrogens is 425 g/mol. The molecule has 1 unspecified atom stereocenters. The number of rotatable bonds is 4. The molecule has 2 amide bonds. The van der Waals surface area contributed by atoms with E-state index < -0.39 is 17.4 Å². The van der Waals surface area contributed by atoms with Gasteiger partial charge in [0.1, 0.15) is 5.60 Å².